The van der Waals surface area contributed by atoms with Crippen LogP contribution in [0.15, 0.2) is 24.3 Å². The van der Waals surface area contributed by atoms with Crippen LogP contribution in [0.5, 0.6) is 5.75 Å². The van der Waals surface area contributed by atoms with Gasteiger partial charge in [0.15, 0.2) is 0 Å². The summed E-state index contributed by atoms with van der Waals surface area (Å²) in [5.41, 5.74) is 0.864. The molecule has 19 heavy (non-hydrogen) atoms. The number of rotatable bonds is 3. The molecule has 1 saturated heterocycles. The Hall–Kier alpha value is -1.55. The van der Waals surface area contributed by atoms with Gasteiger partial charge in [-0.05, 0) is 50.0 Å². The number of amides is 1. The molecule has 0 bridgehead atoms. The van der Waals surface area contributed by atoms with E-state index in [0.29, 0.717) is 12.5 Å². The molecule has 2 rings (SSSR count). The molecule has 1 unspecified atom stereocenters. The van der Waals surface area contributed by atoms with Crippen LogP contribution >= 0.6 is 0 Å². The molecular weight excluding hydrogens is 240 g/mol. The number of phenolic OH excluding ortho intramolecular Hbond substituents is 1. The molecule has 0 radical (unpaired) electrons. The third kappa shape index (κ3) is 3.96. The summed E-state index contributed by atoms with van der Waals surface area (Å²) in [7, 11) is 1.89. The Morgan fingerprint density at radius 2 is 2.26 bits per heavy atom. The second-order valence-electron chi connectivity index (χ2n) is 5.19. The topological polar surface area (TPSA) is 52.6 Å². The van der Waals surface area contributed by atoms with Crippen molar-refractivity contribution in [2.45, 2.75) is 31.7 Å². The summed E-state index contributed by atoms with van der Waals surface area (Å²) in [4.78, 5) is 14.1. The number of carbonyl (C=O) groups is 1. The van der Waals surface area contributed by atoms with Crippen molar-refractivity contribution >= 4 is 5.91 Å². The van der Waals surface area contributed by atoms with Crippen molar-refractivity contribution < 1.29 is 9.90 Å². The van der Waals surface area contributed by atoms with Crippen molar-refractivity contribution in [3.63, 3.8) is 0 Å². The molecule has 0 aliphatic carbocycles. The van der Waals surface area contributed by atoms with Crippen LogP contribution in [0, 0.1) is 0 Å². The van der Waals surface area contributed by atoms with Gasteiger partial charge in [0.2, 0.25) is 5.91 Å². The van der Waals surface area contributed by atoms with Crippen molar-refractivity contribution in [1.29, 1.82) is 0 Å². The lowest BCUT2D eigenvalue weighted by atomic mass is 10.1. The van der Waals surface area contributed by atoms with E-state index in [1.54, 1.807) is 18.2 Å². The lowest BCUT2D eigenvalue weighted by molar-refractivity contribution is -0.131. The van der Waals surface area contributed by atoms with Crippen molar-refractivity contribution in [3.8, 4) is 5.75 Å². The molecule has 1 amide bonds. The Kier molecular flexibility index (Phi) is 4.80. The summed E-state index contributed by atoms with van der Waals surface area (Å²) >= 11 is 0. The van der Waals surface area contributed by atoms with Crippen LogP contribution in [-0.2, 0) is 11.2 Å². The first-order valence-corrected chi connectivity index (χ1v) is 6.91. The van der Waals surface area contributed by atoms with Gasteiger partial charge in [0.25, 0.3) is 0 Å². The lowest BCUT2D eigenvalue weighted by Gasteiger charge is -2.27. The van der Waals surface area contributed by atoms with Crippen LogP contribution in [0.25, 0.3) is 0 Å². The van der Waals surface area contributed by atoms with Gasteiger partial charge in [0.05, 0.1) is 6.42 Å². The molecule has 1 atom stereocenters. The van der Waals surface area contributed by atoms with Crippen LogP contribution in [0.2, 0.25) is 0 Å². The van der Waals surface area contributed by atoms with E-state index < -0.39 is 0 Å². The van der Waals surface area contributed by atoms with Gasteiger partial charge in [-0.25, -0.2) is 0 Å². The van der Waals surface area contributed by atoms with Gasteiger partial charge in [-0.1, -0.05) is 12.1 Å². The van der Waals surface area contributed by atoms with Crippen LogP contribution < -0.4 is 5.32 Å². The fraction of sp³-hybridized carbons (Fsp3) is 0.533. The van der Waals surface area contributed by atoms with Gasteiger partial charge in [0.1, 0.15) is 5.75 Å². The quantitative estimate of drug-likeness (QED) is 0.868. The molecule has 0 saturated carbocycles. The second kappa shape index (κ2) is 6.57. The summed E-state index contributed by atoms with van der Waals surface area (Å²) in [5.74, 6) is 0.337. The maximum atomic E-state index is 12.3. The first kappa shape index (κ1) is 13.9. The highest BCUT2D eigenvalue weighted by molar-refractivity contribution is 5.78. The number of nitrogens with zero attached hydrogens (tertiary/aromatic N) is 1. The van der Waals surface area contributed by atoms with E-state index in [4.69, 9.17) is 0 Å². The predicted molar refractivity (Wildman–Crippen MR) is 75.1 cm³/mol. The summed E-state index contributed by atoms with van der Waals surface area (Å²) in [5, 5.41) is 12.8. The number of hydrogen-bond donors (Lipinski definition) is 2. The van der Waals surface area contributed by atoms with E-state index in [-0.39, 0.29) is 11.7 Å². The number of likely N-dealkylation sites (N-methyl/N-ethyl adjacent to an activating group) is 1. The average molecular weight is 262 g/mol. The van der Waals surface area contributed by atoms with Crippen molar-refractivity contribution in [3.05, 3.63) is 29.8 Å². The zero-order valence-corrected chi connectivity index (χ0v) is 11.4. The summed E-state index contributed by atoms with van der Waals surface area (Å²) in [6.45, 7) is 2.03. The molecule has 4 nitrogen and oxygen atoms in total. The molecule has 0 aromatic heterocycles. The summed E-state index contributed by atoms with van der Waals surface area (Å²) in [6, 6.07) is 7.25. The Bertz CT molecular complexity index is 426. The fourth-order valence-electron chi connectivity index (χ4n) is 2.56. The van der Waals surface area contributed by atoms with E-state index in [2.05, 4.69) is 5.32 Å². The smallest absolute Gasteiger partial charge is 0.226 e. The summed E-state index contributed by atoms with van der Waals surface area (Å²) in [6.07, 6.45) is 3.56. The Morgan fingerprint density at radius 1 is 1.42 bits per heavy atom. The van der Waals surface area contributed by atoms with Gasteiger partial charge < -0.3 is 15.3 Å². The van der Waals surface area contributed by atoms with Crippen LogP contribution in [0.1, 0.15) is 24.8 Å². The van der Waals surface area contributed by atoms with Crippen LogP contribution in [0.3, 0.4) is 0 Å². The number of nitrogens with one attached hydrogen (secondary N) is 1. The van der Waals surface area contributed by atoms with E-state index in [1.807, 2.05) is 18.0 Å². The molecular formula is C15H22N2O2. The molecule has 1 fully saturated rings. The van der Waals surface area contributed by atoms with Crippen LogP contribution in [0.4, 0.5) is 0 Å². The SMILES string of the molecule is CN(C(=O)Cc1cccc(O)c1)C1CCCNCC1. The van der Waals surface area contributed by atoms with E-state index in [9.17, 15) is 9.90 Å². The molecule has 2 N–H and O–H groups in total. The molecule has 4 heteroatoms. The third-order valence-electron chi connectivity index (χ3n) is 3.75. The minimum absolute atomic E-state index is 0.123. The average Bonchev–Trinajstić information content (AvgIpc) is 2.66. The van der Waals surface area contributed by atoms with Crippen molar-refractivity contribution in [2.24, 2.45) is 0 Å². The van der Waals surface area contributed by atoms with Crippen molar-refractivity contribution in [2.75, 3.05) is 20.1 Å². The highest BCUT2D eigenvalue weighted by Crippen LogP contribution is 2.15. The van der Waals surface area contributed by atoms with E-state index in [0.717, 1.165) is 37.9 Å². The zero-order valence-electron chi connectivity index (χ0n) is 11.4. The maximum absolute atomic E-state index is 12.3. The standard InChI is InChI=1S/C15H22N2O2/c1-17(13-5-3-8-16-9-7-13)15(19)11-12-4-2-6-14(18)10-12/h2,4,6,10,13,16,18H,3,5,7-9,11H2,1H3. The lowest BCUT2D eigenvalue weighted by Crippen LogP contribution is -2.38. The molecule has 104 valence electrons. The van der Waals surface area contributed by atoms with Crippen molar-refractivity contribution in [1.82, 2.24) is 10.2 Å². The number of carbonyl (C=O) groups excluding carboxylic acids is 1. The Morgan fingerprint density at radius 3 is 3.05 bits per heavy atom. The molecule has 1 heterocycles. The monoisotopic (exact) mass is 262 g/mol. The van der Waals surface area contributed by atoms with Gasteiger partial charge >= 0.3 is 0 Å². The van der Waals surface area contributed by atoms with Gasteiger partial charge in [0, 0.05) is 13.1 Å². The fourth-order valence-corrected chi connectivity index (χ4v) is 2.56. The predicted octanol–water partition coefficient (Wildman–Crippen LogP) is 1.54. The molecule has 0 spiro atoms. The molecule has 1 aromatic carbocycles. The highest BCUT2D eigenvalue weighted by atomic mass is 16.3. The van der Waals surface area contributed by atoms with E-state index >= 15 is 0 Å². The molecule has 1 aliphatic heterocycles. The van der Waals surface area contributed by atoms with Gasteiger partial charge in [-0.3, -0.25) is 4.79 Å². The Balaban J connectivity index is 1.94. The first-order valence-electron chi connectivity index (χ1n) is 6.91. The number of hydrogen-bond acceptors (Lipinski definition) is 3. The largest absolute Gasteiger partial charge is 0.508 e. The van der Waals surface area contributed by atoms with Gasteiger partial charge in [-0.2, -0.15) is 0 Å². The molecule has 1 aromatic rings. The maximum Gasteiger partial charge on any atom is 0.226 e. The second-order valence-corrected chi connectivity index (χ2v) is 5.19. The summed E-state index contributed by atoms with van der Waals surface area (Å²) < 4.78 is 0. The highest BCUT2D eigenvalue weighted by Gasteiger charge is 2.21. The molecule has 1 aliphatic rings. The van der Waals surface area contributed by atoms with Crippen LogP contribution in [-0.4, -0.2) is 42.1 Å². The van der Waals surface area contributed by atoms with E-state index in [1.165, 1.54) is 0 Å². The number of benzene rings is 1. The number of aromatic hydroxyl groups is 1. The number of phenols is 1. The Labute approximate surface area is 114 Å². The zero-order chi connectivity index (χ0) is 13.7. The minimum Gasteiger partial charge on any atom is -0.508 e. The first-order chi connectivity index (χ1) is 9.16. The minimum atomic E-state index is 0.123. The third-order valence-corrected chi connectivity index (χ3v) is 3.75. The normalized spacial score (nSPS) is 19.7. The van der Waals surface area contributed by atoms with Gasteiger partial charge in [-0.15, -0.1) is 0 Å².